The smallest absolute Gasteiger partial charge is 0.377 e. The number of aromatic nitrogens is 1. The van der Waals surface area contributed by atoms with Crippen molar-refractivity contribution in [2.45, 2.75) is 55.3 Å². The van der Waals surface area contributed by atoms with Gasteiger partial charge in [-0.1, -0.05) is 35.5 Å². The molecule has 3 aromatic rings. The lowest BCUT2D eigenvalue weighted by Crippen LogP contribution is -2.37. The Labute approximate surface area is 220 Å². The molecular formula is C27H30F3N3O4S. The van der Waals surface area contributed by atoms with Gasteiger partial charge in [-0.25, -0.2) is 12.7 Å². The SMILES string of the molecule is CN(CC1CCCOC1c1ccccc1)S(=O)(=O)c1cc(C(F)(F)F)ccc1NCc1cc(C2CC2)no1. The minimum absolute atomic E-state index is 0.0636. The number of nitrogens with one attached hydrogen (secondary N) is 1. The van der Waals surface area contributed by atoms with Crippen molar-refractivity contribution in [1.82, 2.24) is 9.46 Å². The lowest BCUT2D eigenvalue weighted by molar-refractivity contribution is -0.137. The lowest BCUT2D eigenvalue weighted by atomic mass is 9.89. The van der Waals surface area contributed by atoms with E-state index in [0.717, 1.165) is 53.4 Å². The standard InChI is InChI=1S/C27H30F3N3O4S/c1-33(17-20-8-5-13-36-26(20)19-6-3-2-4-7-19)38(34,35)25-14-21(27(28,29)30)11-12-23(25)31-16-22-15-24(32-37-22)18-9-10-18/h2-4,6-7,11-12,14-15,18,20,26,31H,5,8-10,13,16-17H2,1H3. The van der Waals surface area contributed by atoms with Gasteiger partial charge in [0.2, 0.25) is 10.0 Å². The van der Waals surface area contributed by atoms with Crippen molar-refractivity contribution in [3.8, 4) is 0 Å². The van der Waals surface area contributed by atoms with Crippen LogP contribution >= 0.6 is 0 Å². The molecule has 2 fully saturated rings. The molecule has 2 atom stereocenters. The molecule has 1 aliphatic carbocycles. The number of rotatable bonds is 9. The second-order valence-corrected chi connectivity index (χ2v) is 12.0. The van der Waals surface area contributed by atoms with Crippen LogP contribution in [0, 0.1) is 5.92 Å². The van der Waals surface area contributed by atoms with E-state index in [-0.39, 0.29) is 30.8 Å². The molecule has 0 amide bonds. The zero-order valence-corrected chi connectivity index (χ0v) is 21.8. The van der Waals surface area contributed by atoms with Crippen molar-refractivity contribution in [3.63, 3.8) is 0 Å². The first-order valence-corrected chi connectivity index (χ1v) is 14.1. The Hall–Kier alpha value is -2.89. The summed E-state index contributed by atoms with van der Waals surface area (Å²) in [7, 11) is -2.89. The Balaban J connectivity index is 1.39. The van der Waals surface area contributed by atoms with Crippen LogP contribution in [0.2, 0.25) is 0 Å². The van der Waals surface area contributed by atoms with Gasteiger partial charge in [-0.15, -0.1) is 0 Å². The van der Waals surface area contributed by atoms with Crippen molar-refractivity contribution >= 4 is 15.7 Å². The van der Waals surface area contributed by atoms with Crippen LogP contribution in [-0.4, -0.2) is 38.1 Å². The largest absolute Gasteiger partial charge is 0.416 e. The molecule has 1 aliphatic heterocycles. The van der Waals surface area contributed by atoms with Crippen LogP contribution in [0.25, 0.3) is 0 Å². The predicted octanol–water partition coefficient (Wildman–Crippen LogP) is 5.97. The summed E-state index contributed by atoms with van der Waals surface area (Å²) < 4.78 is 80.6. The minimum Gasteiger partial charge on any atom is -0.377 e. The molecule has 38 heavy (non-hydrogen) atoms. The van der Waals surface area contributed by atoms with E-state index in [4.69, 9.17) is 9.26 Å². The third-order valence-corrected chi connectivity index (χ3v) is 8.95. The van der Waals surface area contributed by atoms with Crippen LogP contribution in [0.5, 0.6) is 0 Å². The minimum atomic E-state index is -4.69. The maximum absolute atomic E-state index is 13.7. The van der Waals surface area contributed by atoms with E-state index in [2.05, 4.69) is 10.5 Å². The number of hydrogen-bond donors (Lipinski definition) is 1. The number of sulfonamides is 1. The molecule has 204 valence electrons. The highest BCUT2D eigenvalue weighted by molar-refractivity contribution is 7.89. The quantitative estimate of drug-likeness (QED) is 0.354. The summed E-state index contributed by atoms with van der Waals surface area (Å²) in [6, 6.07) is 14.1. The Morgan fingerprint density at radius 2 is 1.84 bits per heavy atom. The topological polar surface area (TPSA) is 84.7 Å². The van der Waals surface area contributed by atoms with Crippen LogP contribution in [0.4, 0.5) is 18.9 Å². The first-order chi connectivity index (χ1) is 18.1. The van der Waals surface area contributed by atoms with Gasteiger partial charge in [0.15, 0.2) is 5.76 Å². The molecule has 1 saturated carbocycles. The van der Waals surface area contributed by atoms with Gasteiger partial charge in [0.05, 0.1) is 29.6 Å². The van der Waals surface area contributed by atoms with Gasteiger partial charge in [-0.05, 0) is 49.4 Å². The van der Waals surface area contributed by atoms with Crippen molar-refractivity contribution in [3.05, 3.63) is 77.2 Å². The average molecular weight is 550 g/mol. The monoisotopic (exact) mass is 549 g/mol. The number of ether oxygens (including phenoxy) is 1. The number of alkyl halides is 3. The number of hydrogen-bond acceptors (Lipinski definition) is 6. The second kappa shape index (κ2) is 10.7. The van der Waals surface area contributed by atoms with Gasteiger partial charge in [0.1, 0.15) is 4.90 Å². The Bertz CT molecular complexity index is 1360. The summed E-state index contributed by atoms with van der Waals surface area (Å²) >= 11 is 0. The number of benzene rings is 2. The molecule has 1 saturated heterocycles. The summed E-state index contributed by atoms with van der Waals surface area (Å²) in [6.45, 7) is 0.757. The van der Waals surface area contributed by atoms with Gasteiger partial charge in [-0.2, -0.15) is 13.2 Å². The van der Waals surface area contributed by atoms with Gasteiger partial charge in [0.25, 0.3) is 0 Å². The summed E-state index contributed by atoms with van der Waals surface area (Å²) in [6.07, 6.45) is -1.38. The summed E-state index contributed by atoms with van der Waals surface area (Å²) in [5.41, 5.74) is 0.814. The molecule has 0 radical (unpaired) electrons. The number of anilines is 1. The average Bonchev–Trinajstić information content (AvgIpc) is 3.65. The normalized spacial score (nSPS) is 20.6. The summed E-state index contributed by atoms with van der Waals surface area (Å²) in [5, 5.41) is 6.98. The molecule has 2 unspecified atom stereocenters. The molecule has 7 nitrogen and oxygen atoms in total. The van der Waals surface area contributed by atoms with E-state index in [0.29, 0.717) is 24.4 Å². The van der Waals surface area contributed by atoms with Gasteiger partial charge in [-0.3, -0.25) is 0 Å². The lowest BCUT2D eigenvalue weighted by Gasteiger charge is -2.34. The molecule has 2 aromatic carbocycles. The summed E-state index contributed by atoms with van der Waals surface area (Å²) in [5.74, 6) is 0.711. The Kier molecular flexibility index (Phi) is 7.52. The van der Waals surface area contributed by atoms with Crippen LogP contribution in [-0.2, 0) is 27.5 Å². The molecule has 1 N–H and O–H groups in total. The van der Waals surface area contributed by atoms with Crippen molar-refractivity contribution < 1.29 is 30.8 Å². The molecule has 0 spiro atoms. The molecular weight excluding hydrogens is 519 g/mol. The van der Waals surface area contributed by atoms with Crippen molar-refractivity contribution in [2.24, 2.45) is 5.92 Å². The molecule has 0 bridgehead atoms. The van der Waals surface area contributed by atoms with Crippen LogP contribution in [0.3, 0.4) is 0 Å². The molecule has 11 heteroatoms. The van der Waals surface area contributed by atoms with E-state index < -0.39 is 26.7 Å². The zero-order valence-electron chi connectivity index (χ0n) is 20.9. The third kappa shape index (κ3) is 5.89. The molecule has 5 rings (SSSR count). The van der Waals surface area contributed by atoms with Crippen molar-refractivity contribution in [1.29, 1.82) is 0 Å². The highest BCUT2D eigenvalue weighted by Gasteiger charge is 2.36. The van der Waals surface area contributed by atoms with Crippen LogP contribution in [0.15, 0.2) is 64.0 Å². The first kappa shape index (κ1) is 26.7. The van der Waals surface area contributed by atoms with Gasteiger partial charge < -0.3 is 14.6 Å². The maximum Gasteiger partial charge on any atom is 0.416 e. The van der Waals surface area contributed by atoms with E-state index in [1.165, 1.54) is 7.05 Å². The zero-order chi connectivity index (χ0) is 26.9. The molecule has 2 aliphatic rings. The predicted molar refractivity (Wildman–Crippen MR) is 135 cm³/mol. The van der Waals surface area contributed by atoms with Crippen LogP contribution < -0.4 is 5.32 Å². The second-order valence-electron chi connectivity index (χ2n) is 9.94. The third-order valence-electron chi connectivity index (χ3n) is 7.09. The van der Waals surface area contributed by atoms with Gasteiger partial charge in [0, 0.05) is 38.1 Å². The first-order valence-electron chi connectivity index (χ1n) is 12.7. The van der Waals surface area contributed by atoms with E-state index in [1.807, 2.05) is 30.3 Å². The van der Waals surface area contributed by atoms with E-state index in [9.17, 15) is 21.6 Å². The van der Waals surface area contributed by atoms with Crippen molar-refractivity contribution in [2.75, 3.05) is 25.5 Å². The Morgan fingerprint density at radius 3 is 2.55 bits per heavy atom. The van der Waals surface area contributed by atoms with E-state index >= 15 is 0 Å². The Morgan fingerprint density at radius 1 is 1.08 bits per heavy atom. The fourth-order valence-corrected chi connectivity index (χ4v) is 6.28. The van der Waals surface area contributed by atoms with Gasteiger partial charge >= 0.3 is 6.18 Å². The fourth-order valence-electron chi connectivity index (χ4n) is 4.86. The van der Waals surface area contributed by atoms with E-state index in [1.54, 1.807) is 6.07 Å². The molecule has 2 heterocycles. The van der Waals surface area contributed by atoms with Crippen LogP contribution in [0.1, 0.15) is 60.3 Å². The molecule has 1 aromatic heterocycles. The highest BCUT2D eigenvalue weighted by Crippen LogP contribution is 2.40. The summed E-state index contributed by atoms with van der Waals surface area (Å²) in [4.78, 5) is -0.440. The fraction of sp³-hybridized carbons (Fsp3) is 0.444. The number of nitrogens with zero attached hydrogens (tertiary/aromatic N) is 2. The maximum atomic E-state index is 13.7. The highest BCUT2D eigenvalue weighted by atomic mass is 32.2. The number of halogens is 3.